The van der Waals surface area contributed by atoms with Gasteiger partial charge in [-0.05, 0) is 24.6 Å². The third-order valence-electron chi connectivity index (χ3n) is 2.63. The van der Waals surface area contributed by atoms with Crippen LogP contribution in [-0.4, -0.2) is 25.3 Å². The summed E-state index contributed by atoms with van der Waals surface area (Å²) >= 11 is 0. The van der Waals surface area contributed by atoms with Gasteiger partial charge in [0.1, 0.15) is 0 Å². The molecule has 0 saturated carbocycles. The number of morpholine rings is 1. The molecular weight excluding hydrogens is 224 g/mol. The SMILES string of the molecule is CC1COCC(/C=C/c2ccc(F)c(F)c2)N1. The van der Waals surface area contributed by atoms with E-state index in [0.29, 0.717) is 24.8 Å². The molecule has 0 aliphatic carbocycles. The molecule has 0 bridgehead atoms. The molecule has 4 heteroatoms. The zero-order valence-corrected chi connectivity index (χ0v) is 9.62. The van der Waals surface area contributed by atoms with E-state index in [1.165, 1.54) is 6.07 Å². The number of halogens is 2. The van der Waals surface area contributed by atoms with E-state index in [1.54, 1.807) is 12.1 Å². The Hall–Kier alpha value is -1.26. The average molecular weight is 239 g/mol. The van der Waals surface area contributed by atoms with Gasteiger partial charge in [-0.2, -0.15) is 0 Å². The van der Waals surface area contributed by atoms with Gasteiger partial charge in [-0.3, -0.25) is 0 Å². The lowest BCUT2D eigenvalue weighted by atomic mass is 10.1. The number of nitrogens with one attached hydrogen (secondary N) is 1. The maximum absolute atomic E-state index is 13.0. The Morgan fingerprint density at radius 1 is 1.29 bits per heavy atom. The highest BCUT2D eigenvalue weighted by molar-refractivity contribution is 5.50. The van der Waals surface area contributed by atoms with Crippen molar-refractivity contribution < 1.29 is 13.5 Å². The van der Waals surface area contributed by atoms with Gasteiger partial charge in [0.25, 0.3) is 0 Å². The minimum absolute atomic E-state index is 0.117. The Bertz CT molecular complexity index is 420. The highest BCUT2D eigenvalue weighted by Crippen LogP contribution is 2.11. The summed E-state index contributed by atoms with van der Waals surface area (Å²) in [6.07, 6.45) is 3.67. The fraction of sp³-hybridized carbons (Fsp3) is 0.385. The van der Waals surface area contributed by atoms with Gasteiger partial charge in [0.2, 0.25) is 0 Å². The van der Waals surface area contributed by atoms with Crippen molar-refractivity contribution in [3.63, 3.8) is 0 Å². The zero-order valence-electron chi connectivity index (χ0n) is 9.62. The van der Waals surface area contributed by atoms with Crippen molar-refractivity contribution in [1.29, 1.82) is 0 Å². The van der Waals surface area contributed by atoms with Gasteiger partial charge >= 0.3 is 0 Å². The zero-order chi connectivity index (χ0) is 12.3. The molecule has 1 aromatic rings. The monoisotopic (exact) mass is 239 g/mol. The van der Waals surface area contributed by atoms with Crippen LogP contribution in [0.15, 0.2) is 24.3 Å². The summed E-state index contributed by atoms with van der Waals surface area (Å²) < 4.78 is 31.0. The average Bonchev–Trinajstić information content (AvgIpc) is 2.31. The number of rotatable bonds is 2. The van der Waals surface area contributed by atoms with Crippen molar-refractivity contribution >= 4 is 6.08 Å². The maximum Gasteiger partial charge on any atom is 0.159 e. The van der Waals surface area contributed by atoms with Gasteiger partial charge in [0, 0.05) is 12.1 Å². The summed E-state index contributed by atoms with van der Waals surface area (Å²) in [7, 11) is 0. The molecule has 92 valence electrons. The summed E-state index contributed by atoms with van der Waals surface area (Å²) in [5.41, 5.74) is 0.643. The highest BCUT2D eigenvalue weighted by Gasteiger charge is 2.15. The van der Waals surface area contributed by atoms with Crippen LogP contribution in [0.4, 0.5) is 8.78 Å². The minimum Gasteiger partial charge on any atom is -0.378 e. The van der Waals surface area contributed by atoms with Crippen molar-refractivity contribution in [3.05, 3.63) is 41.5 Å². The van der Waals surface area contributed by atoms with E-state index >= 15 is 0 Å². The molecule has 2 unspecified atom stereocenters. The second-order valence-electron chi connectivity index (χ2n) is 4.24. The van der Waals surface area contributed by atoms with E-state index < -0.39 is 11.6 Å². The molecule has 1 heterocycles. The Labute approximate surface area is 99.3 Å². The number of hydrogen-bond acceptors (Lipinski definition) is 2. The Morgan fingerprint density at radius 3 is 2.82 bits per heavy atom. The van der Waals surface area contributed by atoms with Gasteiger partial charge in [0.05, 0.1) is 13.2 Å². The summed E-state index contributed by atoms with van der Waals surface area (Å²) in [6, 6.07) is 4.28. The predicted molar refractivity (Wildman–Crippen MR) is 62.6 cm³/mol. The molecule has 0 radical (unpaired) electrons. The predicted octanol–water partition coefficient (Wildman–Crippen LogP) is 2.35. The van der Waals surface area contributed by atoms with Crippen molar-refractivity contribution in [1.82, 2.24) is 5.32 Å². The van der Waals surface area contributed by atoms with Crippen molar-refractivity contribution in [2.45, 2.75) is 19.0 Å². The van der Waals surface area contributed by atoms with Crippen LogP contribution in [0.1, 0.15) is 12.5 Å². The third-order valence-corrected chi connectivity index (χ3v) is 2.63. The molecule has 1 aliphatic rings. The molecule has 1 fully saturated rings. The molecule has 1 saturated heterocycles. The van der Waals surface area contributed by atoms with Gasteiger partial charge in [0.15, 0.2) is 11.6 Å². The minimum atomic E-state index is -0.826. The van der Waals surface area contributed by atoms with Crippen molar-refractivity contribution in [3.8, 4) is 0 Å². The molecule has 0 amide bonds. The Balaban J connectivity index is 2.01. The fourth-order valence-corrected chi connectivity index (χ4v) is 1.79. The normalized spacial score (nSPS) is 25.4. The summed E-state index contributed by atoms with van der Waals surface area (Å²) in [6.45, 7) is 3.34. The number of hydrogen-bond donors (Lipinski definition) is 1. The second kappa shape index (κ2) is 5.38. The van der Waals surface area contributed by atoms with E-state index in [2.05, 4.69) is 5.32 Å². The lowest BCUT2D eigenvalue weighted by Gasteiger charge is -2.26. The van der Waals surface area contributed by atoms with Crippen molar-refractivity contribution in [2.24, 2.45) is 0 Å². The van der Waals surface area contributed by atoms with Crippen LogP contribution in [0.3, 0.4) is 0 Å². The fourth-order valence-electron chi connectivity index (χ4n) is 1.79. The molecule has 2 rings (SSSR count). The lowest BCUT2D eigenvalue weighted by Crippen LogP contribution is -2.46. The van der Waals surface area contributed by atoms with E-state index in [-0.39, 0.29) is 6.04 Å². The summed E-state index contributed by atoms with van der Waals surface area (Å²) in [5.74, 6) is -1.65. The third kappa shape index (κ3) is 3.35. The molecule has 2 atom stereocenters. The van der Waals surface area contributed by atoms with Crippen LogP contribution in [0, 0.1) is 11.6 Å². The Kier molecular flexibility index (Phi) is 3.86. The number of ether oxygens (including phenoxy) is 1. The molecule has 17 heavy (non-hydrogen) atoms. The van der Waals surface area contributed by atoms with E-state index in [9.17, 15) is 8.78 Å². The number of benzene rings is 1. The first-order chi connectivity index (χ1) is 8.15. The van der Waals surface area contributed by atoms with Gasteiger partial charge < -0.3 is 10.1 Å². The molecule has 0 aromatic heterocycles. The molecular formula is C13H15F2NO. The Morgan fingerprint density at radius 2 is 2.12 bits per heavy atom. The van der Waals surface area contributed by atoms with Crippen LogP contribution in [-0.2, 0) is 4.74 Å². The molecule has 1 aliphatic heterocycles. The topological polar surface area (TPSA) is 21.3 Å². The standard InChI is InChI=1S/C13H15F2NO/c1-9-7-17-8-11(16-9)4-2-10-3-5-12(14)13(15)6-10/h2-6,9,11,16H,7-8H2,1H3/b4-2+. The van der Waals surface area contributed by atoms with E-state index in [4.69, 9.17) is 4.74 Å². The van der Waals surface area contributed by atoms with E-state index in [1.807, 2.05) is 13.0 Å². The largest absolute Gasteiger partial charge is 0.378 e. The first-order valence-corrected chi connectivity index (χ1v) is 5.62. The second-order valence-corrected chi connectivity index (χ2v) is 4.24. The molecule has 2 nitrogen and oxygen atoms in total. The quantitative estimate of drug-likeness (QED) is 0.855. The summed E-state index contributed by atoms with van der Waals surface area (Å²) in [5, 5.41) is 3.33. The highest BCUT2D eigenvalue weighted by atomic mass is 19.2. The van der Waals surface area contributed by atoms with Crippen molar-refractivity contribution in [2.75, 3.05) is 13.2 Å². The smallest absolute Gasteiger partial charge is 0.159 e. The molecule has 1 N–H and O–H groups in total. The van der Waals surface area contributed by atoms with Crippen LogP contribution in [0.25, 0.3) is 6.08 Å². The van der Waals surface area contributed by atoms with Gasteiger partial charge in [-0.25, -0.2) is 8.78 Å². The lowest BCUT2D eigenvalue weighted by molar-refractivity contribution is 0.0637. The first kappa shape index (κ1) is 12.2. The summed E-state index contributed by atoms with van der Waals surface area (Å²) in [4.78, 5) is 0. The van der Waals surface area contributed by atoms with Crippen LogP contribution >= 0.6 is 0 Å². The van der Waals surface area contributed by atoms with Gasteiger partial charge in [-0.1, -0.05) is 18.2 Å². The molecule has 0 spiro atoms. The van der Waals surface area contributed by atoms with Gasteiger partial charge in [-0.15, -0.1) is 0 Å². The maximum atomic E-state index is 13.0. The van der Waals surface area contributed by atoms with E-state index in [0.717, 1.165) is 6.07 Å². The first-order valence-electron chi connectivity index (χ1n) is 5.62. The van der Waals surface area contributed by atoms with Crippen LogP contribution < -0.4 is 5.32 Å². The van der Waals surface area contributed by atoms with Crippen LogP contribution in [0.2, 0.25) is 0 Å². The van der Waals surface area contributed by atoms with Crippen LogP contribution in [0.5, 0.6) is 0 Å². The molecule has 1 aromatic carbocycles.